The molecule has 0 saturated carbocycles. The molecule has 6 nitrogen and oxygen atoms in total. The summed E-state index contributed by atoms with van der Waals surface area (Å²) in [4.78, 5) is 26.6. The largest absolute Gasteiger partial charge is 0.497 e. The summed E-state index contributed by atoms with van der Waals surface area (Å²) in [6.07, 6.45) is 8.01. The van der Waals surface area contributed by atoms with Crippen molar-refractivity contribution < 1.29 is 19.1 Å². The first-order valence-electron chi connectivity index (χ1n) is 10.2. The smallest absolute Gasteiger partial charge is 0.254 e. The van der Waals surface area contributed by atoms with Crippen LogP contribution in [-0.4, -0.2) is 39.2 Å². The molecular weight excluding hydrogens is 400 g/mol. The SMILES string of the molecule is COCCCNC(=O)c1c(NC(=O)C=Cc2ccc(OC)cc2)sc2c1CCCC2. The van der Waals surface area contributed by atoms with Crippen LogP contribution in [0.25, 0.3) is 6.08 Å². The van der Waals surface area contributed by atoms with Gasteiger partial charge in [-0.2, -0.15) is 0 Å². The van der Waals surface area contributed by atoms with Gasteiger partial charge in [0.2, 0.25) is 5.91 Å². The lowest BCUT2D eigenvalue weighted by Crippen LogP contribution is -2.27. The van der Waals surface area contributed by atoms with Crippen LogP contribution in [0.15, 0.2) is 30.3 Å². The summed E-state index contributed by atoms with van der Waals surface area (Å²) in [6, 6.07) is 7.45. The highest BCUT2D eigenvalue weighted by Crippen LogP contribution is 2.38. The number of ether oxygens (including phenoxy) is 2. The summed E-state index contributed by atoms with van der Waals surface area (Å²) in [5.41, 5.74) is 2.61. The number of hydrogen-bond acceptors (Lipinski definition) is 5. The molecule has 2 amide bonds. The number of carbonyl (C=O) groups is 2. The lowest BCUT2D eigenvalue weighted by molar-refractivity contribution is -0.111. The molecule has 0 bridgehead atoms. The first kappa shape index (κ1) is 22.1. The van der Waals surface area contributed by atoms with Gasteiger partial charge in [-0.3, -0.25) is 9.59 Å². The molecule has 0 atom stereocenters. The third-order valence-corrected chi connectivity index (χ3v) is 6.20. The fourth-order valence-corrected chi connectivity index (χ4v) is 4.73. The molecule has 0 unspecified atom stereocenters. The van der Waals surface area contributed by atoms with E-state index in [-0.39, 0.29) is 11.8 Å². The van der Waals surface area contributed by atoms with Crippen LogP contribution in [0.1, 0.15) is 45.6 Å². The van der Waals surface area contributed by atoms with Crippen molar-refractivity contribution in [3.8, 4) is 5.75 Å². The van der Waals surface area contributed by atoms with Crippen LogP contribution in [0.4, 0.5) is 5.00 Å². The minimum absolute atomic E-state index is 0.125. The fourth-order valence-electron chi connectivity index (χ4n) is 3.44. The number of rotatable bonds is 9. The van der Waals surface area contributed by atoms with Crippen molar-refractivity contribution >= 4 is 34.2 Å². The van der Waals surface area contributed by atoms with E-state index in [0.717, 1.165) is 49.0 Å². The third-order valence-electron chi connectivity index (χ3n) is 4.99. The number of nitrogens with one attached hydrogen (secondary N) is 2. The van der Waals surface area contributed by atoms with Gasteiger partial charge in [-0.25, -0.2) is 0 Å². The lowest BCUT2D eigenvalue weighted by Gasteiger charge is -2.13. The number of anilines is 1. The highest BCUT2D eigenvalue weighted by molar-refractivity contribution is 7.17. The third kappa shape index (κ3) is 5.70. The monoisotopic (exact) mass is 428 g/mol. The van der Waals surface area contributed by atoms with Crippen LogP contribution in [0.2, 0.25) is 0 Å². The lowest BCUT2D eigenvalue weighted by atomic mass is 9.95. The average molecular weight is 429 g/mol. The van der Waals surface area contributed by atoms with E-state index in [1.165, 1.54) is 22.3 Å². The number of amides is 2. The van der Waals surface area contributed by atoms with E-state index in [1.54, 1.807) is 20.3 Å². The summed E-state index contributed by atoms with van der Waals surface area (Å²) in [6.45, 7) is 1.14. The highest BCUT2D eigenvalue weighted by atomic mass is 32.1. The van der Waals surface area contributed by atoms with Crippen LogP contribution in [0, 0.1) is 0 Å². The summed E-state index contributed by atoms with van der Waals surface area (Å²) in [5.74, 6) is 0.389. The van der Waals surface area contributed by atoms with E-state index < -0.39 is 0 Å². The van der Waals surface area contributed by atoms with Crippen molar-refractivity contribution in [3.05, 3.63) is 51.9 Å². The normalized spacial score (nSPS) is 13.1. The number of fused-ring (bicyclic) bond motifs is 1. The quantitative estimate of drug-likeness (QED) is 0.467. The number of thiophene rings is 1. The van der Waals surface area contributed by atoms with E-state index in [0.29, 0.717) is 23.7 Å². The Balaban J connectivity index is 1.72. The second kappa shape index (κ2) is 10.9. The number of benzene rings is 1. The molecule has 1 aliphatic carbocycles. The summed E-state index contributed by atoms with van der Waals surface area (Å²) >= 11 is 1.52. The van der Waals surface area contributed by atoms with Gasteiger partial charge in [0.05, 0.1) is 12.7 Å². The van der Waals surface area contributed by atoms with E-state index >= 15 is 0 Å². The molecule has 1 aliphatic rings. The molecule has 3 rings (SSSR count). The van der Waals surface area contributed by atoms with Crippen molar-refractivity contribution in [2.75, 3.05) is 32.7 Å². The molecule has 2 N–H and O–H groups in total. The van der Waals surface area contributed by atoms with Gasteiger partial charge >= 0.3 is 0 Å². The van der Waals surface area contributed by atoms with Gasteiger partial charge in [0, 0.05) is 31.2 Å². The molecule has 0 saturated heterocycles. The van der Waals surface area contributed by atoms with Gasteiger partial charge in [0.25, 0.3) is 5.91 Å². The summed E-state index contributed by atoms with van der Waals surface area (Å²) in [7, 11) is 3.26. The van der Waals surface area contributed by atoms with Crippen molar-refractivity contribution in [1.82, 2.24) is 5.32 Å². The van der Waals surface area contributed by atoms with Gasteiger partial charge in [-0.15, -0.1) is 11.3 Å². The second-order valence-electron chi connectivity index (χ2n) is 7.11. The summed E-state index contributed by atoms with van der Waals surface area (Å²) < 4.78 is 10.2. The Bertz CT molecular complexity index is 903. The molecule has 2 aromatic rings. The maximum Gasteiger partial charge on any atom is 0.254 e. The zero-order valence-electron chi connectivity index (χ0n) is 17.5. The van der Waals surface area contributed by atoms with Gasteiger partial charge in [-0.1, -0.05) is 12.1 Å². The van der Waals surface area contributed by atoms with Crippen LogP contribution in [-0.2, 0) is 22.4 Å². The van der Waals surface area contributed by atoms with Crippen molar-refractivity contribution in [1.29, 1.82) is 0 Å². The van der Waals surface area contributed by atoms with Crippen molar-refractivity contribution in [2.24, 2.45) is 0 Å². The number of aryl methyl sites for hydroxylation is 1. The molecule has 0 fully saturated rings. The van der Waals surface area contributed by atoms with E-state index in [9.17, 15) is 9.59 Å². The Hall–Kier alpha value is -2.64. The fraction of sp³-hybridized carbons (Fsp3) is 0.391. The van der Waals surface area contributed by atoms with Crippen LogP contribution >= 0.6 is 11.3 Å². The highest BCUT2D eigenvalue weighted by Gasteiger charge is 2.25. The molecule has 1 heterocycles. The number of hydrogen-bond donors (Lipinski definition) is 2. The zero-order chi connectivity index (χ0) is 21.3. The molecule has 0 spiro atoms. The van der Waals surface area contributed by atoms with Crippen molar-refractivity contribution in [3.63, 3.8) is 0 Å². The number of methoxy groups -OCH3 is 2. The minimum Gasteiger partial charge on any atom is -0.497 e. The Morgan fingerprint density at radius 1 is 1.13 bits per heavy atom. The Kier molecular flexibility index (Phi) is 8.04. The maximum absolute atomic E-state index is 12.9. The van der Waals surface area contributed by atoms with E-state index in [1.807, 2.05) is 24.3 Å². The maximum atomic E-state index is 12.9. The van der Waals surface area contributed by atoms with Crippen LogP contribution < -0.4 is 15.4 Å². The van der Waals surface area contributed by atoms with Crippen LogP contribution in [0.5, 0.6) is 5.75 Å². The van der Waals surface area contributed by atoms with Gasteiger partial charge in [0.15, 0.2) is 0 Å². The molecule has 0 radical (unpaired) electrons. The molecule has 30 heavy (non-hydrogen) atoms. The van der Waals surface area contributed by atoms with Gasteiger partial charge in [-0.05, 0) is 61.4 Å². The average Bonchev–Trinajstić information content (AvgIpc) is 3.13. The Labute approximate surface area is 181 Å². The molecular formula is C23H28N2O4S. The van der Waals surface area contributed by atoms with Crippen molar-refractivity contribution in [2.45, 2.75) is 32.1 Å². The standard InChI is InChI=1S/C23H28N2O4S/c1-28-15-5-14-24-22(27)21-18-6-3-4-7-19(18)30-23(21)25-20(26)13-10-16-8-11-17(29-2)12-9-16/h8-13H,3-7,14-15H2,1-2H3,(H,24,27)(H,25,26). The first-order valence-corrected chi connectivity index (χ1v) is 11.0. The Morgan fingerprint density at radius 2 is 1.90 bits per heavy atom. The first-order chi connectivity index (χ1) is 14.6. The molecule has 1 aromatic heterocycles. The molecule has 160 valence electrons. The topological polar surface area (TPSA) is 76.7 Å². The zero-order valence-corrected chi connectivity index (χ0v) is 18.3. The summed E-state index contributed by atoms with van der Waals surface area (Å²) in [5, 5.41) is 6.52. The molecule has 1 aromatic carbocycles. The number of carbonyl (C=O) groups excluding carboxylic acids is 2. The van der Waals surface area contributed by atoms with Crippen LogP contribution in [0.3, 0.4) is 0 Å². The van der Waals surface area contributed by atoms with Gasteiger partial charge < -0.3 is 20.1 Å². The molecule has 7 heteroatoms. The van der Waals surface area contributed by atoms with E-state index in [4.69, 9.17) is 9.47 Å². The second-order valence-corrected chi connectivity index (χ2v) is 8.22. The predicted octanol–water partition coefficient (Wildman–Crippen LogP) is 4.05. The molecule has 0 aliphatic heterocycles. The van der Waals surface area contributed by atoms with E-state index in [2.05, 4.69) is 10.6 Å². The minimum atomic E-state index is -0.252. The predicted molar refractivity (Wildman–Crippen MR) is 120 cm³/mol. The Morgan fingerprint density at radius 3 is 2.63 bits per heavy atom. The van der Waals surface area contributed by atoms with Gasteiger partial charge in [0.1, 0.15) is 10.8 Å².